The summed E-state index contributed by atoms with van der Waals surface area (Å²) in [4.78, 5) is 0. The topological polar surface area (TPSA) is 21.3 Å². The van der Waals surface area contributed by atoms with Gasteiger partial charge in [0.05, 0.1) is 12.7 Å². The maximum absolute atomic E-state index is 12.4. The second kappa shape index (κ2) is 6.52. The third kappa shape index (κ3) is 4.41. The molecule has 0 saturated heterocycles. The van der Waals surface area contributed by atoms with Crippen LogP contribution >= 0.6 is 0 Å². The Morgan fingerprint density at radius 2 is 1.57 bits per heavy atom. The summed E-state index contributed by atoms with van der Waals surface area (Å²) in [6.07, 6.45) is -3.51. The van der Waals surface area contributed by atoms with Gasteiger partial charge in [0.1, 0.15) is 5.75 Å². The fourth-order valence-electron chi connectivity index (χ4n) is 1.92. The monoisotopic (exact) mass is 295 g/mol. The van der Waals surface area contributed by atoms with Gasteiger partial charge in [0.2, 0.25) is 0 Å². The average Bonchev–Trinajstić information content (AvgIpc) is 2.47. The van der Waals surface area contributed by atoms with Gasteiger partial charge in [0, 0.05) is 12.2 Å². The lowest BCUT2D eigenvalue weighted by atomic mass is 10.1. The molecule has 2 rings (SSSR count). The first-order chi connectivity index (χ1) is 9.99. The molecule has 5 heteroatoms. The van der Waals surface area contributed by atoms with Gasteiger partial charge in [-0.15, -0.1) is 0 Å². The van der Waals surface area contributed by atoms with Crippen molar-refractivity contribution in [2.75, 3.05) is 19.0 Å². The summed E-state index contributed by atoms with van der Waals surface area (Å²) in [6, 6.07) is 12.7. The molecule has 0 spiro atoms. The quantitative estimate of drug-likeness (QED) is 0.884. The number of hydrogen-bond acceptors (Lipinski definition) is 2. The van der Waals surface area contributed by atoms with Crippen LogP contribution in [0.2, 0.25) is 0 Å². The molecule has 0 aliphatic rings. The van der Waals surface area contributed by atoms with Crippen molar-refractivity contribution in [2.24, 2.45) is 0 Å². The number of halogens is 3. The maximum atomic E-state index is 12.4. The van der Waals surface area contributed by atoms with Crippen LogP contribution in [0.25, 0.3) is 0 Å². The highest BCUT2D eigenvalue weighted by Crippen LogP contribution is 2.29. The van der Waals surface area contributed by atoms with Crippen molar-refractivity contribution >= 4 is 5.69 Å². The van der Waals surface area contributed by atoms with E-state index in [0.29, 0.717) is 12.2 Å². The molecule has 0 unspecified atom stereocenters. The molecule has 0 aromatic heterocycles. The number of alkyl halides is 3. The molecule has 21 heavy (non-hydrogen) atoms. The van der Waals surface area contributed by atoms with Crippen LogP contribution < -0.4 is 10.1 Å². The molecule has 112 valence electrons. The molecule has 2 aromatic rings. The molecule has 0 heterocycles. The number of hydrogen-bond donors (Lipinski definition) is 1. The van der Waals surface area contributed by atoms with Gasteiger partial charge in [0.15, 0.2) is 0 Å². The van der Waals surface area contributed by atoms with Gasteiger partial charge >= 0.3 is 6.18 Å². The van der Waals surface area contributed by atoms with Crippen molar-refractivity contribution in [3.05, 3.63) is 59.7 Å². The SMILES string of the molecule is COc1ccc(CCNc2ccc(C(F)(F)F)cc2)cc1. The van der Waals surface area contributed by atoms with E-state index in [-0.39, 0.29) is 0 Å². The van der Waals surface area contributed by atoms with Crippen molar-refractivity contribution < 1.29 is 17.9 Å². The Bertz CT molecular complexity index is 562. The zero-order valence-corrected chi connectivity index (χ0v) is 11.6. The van der Waals surface area contributed by atoms with E-state index in [9.17, 15) is 13.2 Å². The standard InChI is InChI=1S/C16H16F3NO/c1-21-15-8-2-12(3-9-15)10-11-20-14-6-4-13(5-7-14)16(17,18)19/h2-9,20H,10-11H2,1H3. The Kier molecular flexibility index (Phi) is 4.73. The third-order valence-electron chi connectivity index (χ3n) is 3.11. The predicted octanol–water partition coefficient (Wildman–Crippen LogP) is 4.37. The lowest BCUT2D eigenvalue weighted by molar-refractivity contribution is -0.137. The molecule has 0 atom stereocenters. The van der Waals surface area contributed by atoms with Gasteiger partial charge < -0.3 is 10.1 Å². The fraction of sp³-hybridized carbons (Fsp3) is 0.250. The lowest BCUT2D eigenvalue weighted by Gasteiger charge is -2.09. The average molecular weight is 295 g/mol. The third-order valence-corrected chi connectivity index (χ3v) is 3.11. The van der Waals surface area contributed by atoms with E-state index in [1.807, 2.05) is 24.3 Å². The van der Waals surface area contributed by atoms with E-state index in [1.54, 1.807) is 7.11 Å². The summed E-state index contributed by atoms with van der Waals surface area (Å²) >= 11 is 0. The molecular formula is C16H16F3NO. The fourth-order valence-corrected chi connectivity index (χ4v) is 1.92. The van der Waals surface area contributed by atoms with Crippen molar-refractivity contribution in [1.82, 2.24) is 0 Å². The van der Waals surface area contributed by atoms with Gasteiger partial charge in [-0.25, -0.2) is 0 Å². The number of nitrogens with one attached hydrogen (secondary N) is 1. The maximum Gasteiger partial charge on any atom is 0.416 e. The van der Waals surface area contributed by atoms with E-state index >= 15 is 0 Å². The molecule has 0 aliphatic heterocycles. The minimum absolute atomic E-state index is 0.636. The zero-order valence-electron chi connectivity index (χ0n) is 11.6. The van der Waals surface area contributed by atoms with Crippen molar-refractivity contribution in [2.45, 2.75) is 12.6 Å². The summed E-state index contributed by atoms with van der Waals surface area (Å²) < 4.78 is 42.3. The smallest absolute Gasteiger partial charge is 0.416 e. The van der Waals surface area contributed by atoms with Gasteiger partial charge in [-0.3, -0.25) is 0 Å². The van der Waals surface area contributed by atoms with Crippen LogP contribution in [0, 0.1) is 0 Å². The number of benzene rings is 2. The molecule has 0 radical (unpaired) electrons. The van der Waals surface area contributed by atoms with Gasteiger partial charge in [-0.2, -0.15) is 13.2 Å². The lowest BCUT2D eigenvalue weighted by Crippen LogP contribution is -2.07. The second-order valence-corrected chi connectivity index (χ2v) is 4.60. The van der Waals surface area contributed by atoms with Gasteiger partial charge in [-0.05, 0) is 48.4 Å². The summed E-state index contributed by atoms with van der Waals surface area (Å²) in [5, 5.41) is 3.10. The van der Waals surface area contributed by atoms with Crippen LogP contribution in [-0.2, 0) is 12.6 Å². The van der Waals surface area contributed by atoms with Gasteiger partial charge in [0.25, 0.3) is 0 Å². The number of rotatable bonds is 5. The Hall–Kier alpha value is -2.17. The largest absolute Gasteiger partial charge is 0.497 e. The molecular weight excluding hydrogens is 279 g/mol. The number of ether oxygens (including phenoxy) is 1. The number of methoxy groups -OCH3 is 1. The first kappa shape index (κ1) is 15.2. The Morgan fingerprint density at radius 3 is 2.10 bits per heavy atom. The van der Waals surface area contributed by atoms with Crippen LogP contribution in [0.5, 0.6) is 5.75 Å². The van der Waals surface area contributed by atoms with E-state index in [0.717, 1.165) is 29.9 Å². The molecule has 2 nitrogen and oxygen atoms in total. The van der Waals surface area contributed by atoms with Crippen molar-refractivity contribution in [3.63, 3.8) is 0 Å². The first-order valence-electron chi connectivity index (χ1n) is 6.53. The minimum atomic E-state index is -4.29. The van der Waals surface area contributed by atoms with E-state index in [2.05, 4.69) is 5.32 Å². The second-order valence-electron chi connectivity index (χ2n) is 4.60. The van der Waals surface area contributed by atoms with E-state index in [4.69, 9.17) is 4.74 Å². The highest BCUT2D eigenvalue weighted by Gasteiger charge is 2.29. The zero-order chi connectivity index (χ0) is 15.3. The summed E-state index contributed by atoms with van der Waals surface area (Å²) in [6.45, 7) is 0.650. The minimum Gasteiger partial charge on any atom is -0.497 e. The highest BCUT2D eigenvalue weighted by molar-refractivity contribution is 5.45. The molecule has 0 aliphatic carbocycles. The number of anilines is 1. The van der Waals surface area contributed by atoms with Crippen LogP contribution in [-0.4, -0.2) is 13.7 Å². The molecule has 0 amide bonds. The van der Waals surface area contributed by atoms with Gasteiger partial charge in [-0.1, -0.05) is 12.1 Å². The van der Waals surface area contributed by atoms with Crippen molar-refractivity contribution in [1.29, 1.82) is 0 Å². The van der Waals surface area contributed by atoms with Crippen LogP contribution in [0.1, 0.15) is 11.1 Å². The Morgan fingerprint density at radius 1 is 0.952 bits per heavy atom. The molecule has 1 N–H and O–H groups in total. The Labute approximate surface area is 121 Å². The highest BCUT2D eigenvalue weighted by atomic mass is 19.4. The van der Waals surface area contributed by atoms with Crippen LogP contribution in [0.4, 0.5) is 18.9 Å². The first-order valence-corrected chi connectivity index (χ1v) is 6.53. The Balaban J connectivity index is 1.85. The van der Waals surface area contributed by atoms with Crippen LogP contribution in [0.3, 0.4) is 0 Å². The molecule has 0 fully saturated rings. The van der Waals surface area contributed by atoms with Crippen LogP contribution in [0.15, 0.2) is 48.5 Å². The van der Waals surface area contributed by atoms with E-state index in [1.165, 1.54) is 12.1 Å². The summed E-state index contributed by atoms with van der Waals surface area (Å²) in [7, 11) is 1.61. The van der Waals surface area contributed by atoms with Crippen molar-refractivity contribution in [3.8, 4) is 5.75 Å². The summed E-state index contributed by atoms with van der Waals surface area (Å²) in [5.74, 6) is 0.800. The molecule has 0 bridgehead atoms. The normalized spacial score (nSPS) is 11.2. The molecule has 2 aromatic carbocycles. The predicted molar refractivity (Wildman–Crippen MR) is 76.6 cm³/mol. The molecule has 0 saturated carbocycles. The van der Waals surface area contributed by atoms with E-state index < -0.39 is 11.7 Å². The summed E-state index contributed by atoms with van der Waals surface area (Å²) in [5.41, 5.74) is 1.18.